The minimum Gasteiger partial charge on any atom is -0.508 e. The fourth-order valence-corrected chi connectivity index (χ4v) is 4.67. The van der Waals surface area contributed by atoms with E-state index in [9.17, 15) is 10.2 Å². The Morgan fingerprint density at radius 2 is 1.48 bits per heavy atom. The number of benzene rings is 2. The quantitative estimate of drug-likeness (QED) is 0.458. The molecule has 3 nitrogen and oxygen atoms in total. The second-order valence-electron chi connectivity index (χ2n) is 8.14. The molecule has 0 saturated heterocycles. The molecule has 0 saturated carbocycles. The van der Waals surface area contributed by atoms with Crippen molar-refractivity contribution in [1.82, 2.24) is 4.90 Å². The smallest absolute Gasteiger partial charge is 0.116 e. The highest BCUT2D eigenvalue weighted by Gasteiger charge is 2.30. The zero-order valence-electron chi connectivity index (χ0n) is 18.1. The highest BCUT2D eigenvalue weighted by molar-refractivity contribution is 5.99. The van der Waals surface area contributed by atoms with Crippen LogP contribution in [0, 0.1) is 0 Å². The van der Waals surface area contributed by atoms with E-state index < -0.39 is 0 Å². The number of nitrogens with zero attached hydrogens (tertiary/aromatic N) is 1. The van der Waals surface area contributed by atoms with E-state index in [1.165, 1.54) is 60.1 Å². The molecule has 2 N–H and O–H groups in total. The lowest BCUT2D eigenvalue weighted by atomic mass is 9.86. The molecule has 2 aromatic rings. The largest absolute Gasteiger partial charge is 0.508 e. The second kappa shape index (κ2) is 9.98. The number of phenols is 2. The molecule has 156 valence electrons. The van der Waals surface area contributed by atoms with Gasteiger partial charge in [0, 0.05) is 5.92 Å². The molecule has 0 radical (unpaired) electrons. The fraction of sp³-hybridized carbons (Fsp3) is 0.462. The van der Waals surface area contributed by atoms with Crippen molar-refractivity contribution in [2.75, 3.05) is 19.6 Å². The summed E-state index contributed by atoms with van der Waals surface area (Å²) in [5.74, 6) is 0.980. The van der Waals surface area contributed by atoms with Crippen LogP contribution >= 0.6 is 0 Å². The Balaban J connectivity index is 1.69. The van der Waals surface area contributed by atoms with Crippen LogP contribution < -0.4 is 0 Å². The summed E-state index contributed by atoms with van der Waals surface area (Å²) in [6.45, 7) is 10.1. The summed E-state index contributed by atoms with van der Waals surface area (Å²) in [5.41, 5.74) is 6.25. The maximum atomic E-state index is 9.99. The standard InChI is InChI=1S/C26H35NO2/c1-4-27(5-2)17-9-7-6-8-10-24-23-16-15-22(29)18-25(23)19(3)26(24)20-11-13-21(28)14-12-20/h11-16,18,24,28-29H,4-10,17H2,1-3H3. The fourth-order valence-electron chi connectivity index (χ4n) is 4.67. The number of allylic oxidation sites excluding steroid dienone is 2. The van der Waals surface area contributed by atoms with E-state index in [1.54, 1.807) is 12.1 Å². The van der Waals surface area contributed by atoms with E-state index in [1.807, 2.05) is 24.3 Å². The number of hydrogen-bond donors (Lipinski definition) is 2. The number of phenolic OH excluding ortho intramolecular Hbond substituents is 2. The molecule has 1 aliphatic carbocycles. The van der Waals surface area contributed by atoms with Gasteiger partial charge in [-0.15, -0.1) is 0 Å². The van der Waals surface area contributed by atoms with E-state index in [2.05, 4.69) is 31.7 Å². The molecule has 3 heteroatoms. The summed E-state index contributed by atoms with van der Waals surface area (Å²) in [6.07, 6.45) is 6.14. The van der Waals surface area contributed by atoms with Gasteiger partial charge in [-0.05, 0) is 91.5 Å². The van der Waals surface area contributed by atoms with Crippen LogP contribution in [0.15, 0.2) is 42.5 Å². The average molecular weight is 394 g/mol. The lowest BCUT2D eigenvalue weighted by Gasteiger charge is -2.19. The molecule has 0 heterocycles. The summed E-state index contributed by atoms with van der Waals surface area (Å²) in [4.78, 5) is 2.49. The van der Waals surface area contributed by atoms with Crippen LogP contribution in [0.5, 0.6) is 11.5 Å². The predicted octanol–water partition coefficient (Wildman–Crippen LogP) is 6.42. The molecular weight excluding hydrogens is 358 g/mol. The Kier molecular flexibility index (Phi) is 7.38. The topological polar surface area (TPSA) is 43.7 Å². The molecule has 0 aliphatic heterocycles. The number of unbranched alkanes of at least 4 members (excludes halogenated alkanes) is 3. The van der Waals surface area contributed by atoms with E-state index >= 15 is 0 Å². The second-order valence-corrected chi connectivity index (χ2v) is 8.14. The van der Waals surface area contributed by atoms with E-state index in [0.717, 1.165) is 19.5 Å². The molecule has 0 spiro atoms. The number of rotatable bonds is 10. The van der Waals surface area contributed by atoms with Crippen molar-refractivity contribution >= 4 is 11.1 Å². The van der Waals surface area contributed by atoms with Crippen molar-refractivity contribution in [2.45, 2.75) is 58.8 Å². The van der Waals surface area contributed by atoms with Crippen LogP contribution in [0.2, 0.25) is 0 Å². The Bertz CT molecular complexity index is 834. The van der Waals surface area contributed by atoms with Crippen LogP contribution in [0.25, 0.3) is 11.1 Å². The van der Waals surface area contributed by atoms with Gasteiger partial charge in [0.2, 0.25) is 0 Å². The van der Waals surface area contributed by atoms with Gasteiger partial charge in [0.05, 0.1) is 0 Å². The Morgan fingerprint density at radius 1 is 0.828 bits per heavy atom. The summed E-state index contributed by atoms with van der Waals surface area (Å²) < 4.78 is 0. The predicted molar refractivity (Wildman–Crippen MR) is 122 cm³/mol. The molecule has 0 aromatic heterocycles. The lowest BCUT2D eigenvalue weighted by molar-refractivity contribution is 0.295. The van der Waals surface area contributed by atoms with Crippen LogP contribution in [-0.2, 0) is 0 Å². The van der Waals surface area contributed by atoms with Gasteiger partial charge in [-0.3, -0.25) is 0 Å². The van der Waals surface area contributed by atoms with Gasteiger partial charge in [0.1, 0.15) is 11.5 Å². The van der Waals surface area contributed by atoms with Gasteiger partial charge in [-0.25, -0.2) is 0 Å². The van der Waals surface area contributed by atoms with Gasteiger partial charge in [0.15, 0.2) is 0 Å². The van der Waals surface area contributed by atoms with Crippen molar-refractivity contribution < 1.29 is 10.2 Å². The van der Waals surface area contributed by atoms with Crippen molar-refractivity contribution in [3.63, 3.8) is 0 Å². The van der Waals surface area contributed by atoms with Crippen molar-refractivity contribution in [2.24, 2.45) is 0 Å². The molecular formula is C26H35NO2. The minimum atomic E-state index is 0.296. The van der Waals surface area contributed by atoms with Gasteiger partial charge in [-0.1, -0.05) is 51.3 Å². The SMILES string of the molecule is CCN(CC)CCCCCCC1C(c2ccc(O)cc2)=C(C)c2cc(O)ccc21. The Hall–Kier alpha value is -2.26. The van der Waals surface area contributed by atoms with Gasteiger partial charge in [-0.2, -0.15) is 0 Å². The maximum Gasteiger partial charge on any atom is 0.116 e. The number of aromatic hydroxyl groups is 2. The summed E-state index contributed by atoms with van der Waals surface area (Å²) in [5, 5.41) is 19.7. The zero-order chi connectivity index (χ0) is 20.8. The van der Waals surface area contributed by atoms with Gasteiger partial charge < -0.3 is 15.1 Å². The van der Waals surface area contributed by atoms with Gasteiger partial charge >= 0.3 is 0 Å². The Morgan fingerprint density at radius 3 is 2.17 bits per heavy atom. The summed E-state index contributed by atoms with van der Waals surface area (Å²) in [7, 11) is 0. The first-order valence-corrected chi connectivity index (χ1v) is 11.1. The highest BCUT2D eigenvalue weighted by atomic mass is 16.3. The third-order valence-electron chi connectivity index (χ3n) is 6.36. The molecule has 1 aliphatic rings. The zero-order valence-corrected chi connectivity index (χ0v) is 18.1. The van der Waals surface area contributed by atoms with Gasteiger partial charge in [0.25, 0.3) is 0 Å². The normalized spacial score (nSPS) is 15.9. The first kappa shape index (κ1) is 21.4. The summed E-state index contributed by atoms with van der Waals surface area (Å²) >= 11 is 0. The van der Waals surface area contributed by atoms with Crippen molar-refractivity contribution in [3.8, 4) is 11.5 Å². The third-order valence-corrected chi connectivity index (χ3v) is 6.36. The summed E-state index contributed by atoms with van der Waals surface area (Å²) in [6, 6.07) is 13.3. The molecule has 1 atom stereocenters. The molecule has 0 fully saturated rings. The van der Waals surface area contributed by atoms with Crippen molar-refractivity contribution in [1.29, 1.82) is 0 Å². The van der Waals surface area contributed by atoms with Crippen LogP contribution in [0.4, 0.5) is 0 Å². The molecule has 0 bridgehead atoms. The van der Waals surface area contributed by atoms with Crippen molar-refractivity contribution in [3.05, 3.63) is 59.2 Å². The van der Waals surface area contributed by atoms with Crippen LogP contribution in [0.1, 0.15) is 75.5 Å². The van der Waals surface area contributed by atoms with E-state index in [0.29, 0.717) is 17.4 Å². The first-order valence-electron chi connectivity index (χ1n) is 11.1. The monoisotopic (exact) mass is 393 g/mol. The van der Waals surface area contributed by atoms with Crippen LogP contribution in [0.3, 0.4) is 0 Å². The number of fused-ring (bicyclic) bond motifs is 1. The minimum absolute atomic E-state index is 0.296. The lowest BCUT2D eigenvalue weighted by Crippen LogP contribution is -2.23. The van der Waals surface area contributed by atoms with E-state index in [-0.39, 0.29) is 0 Å². The van der Waals surface area contributed by atoms with Crippen LogP contribution in [-0.4, -0.2) is 34.7 Å². The van der Waals surface area contributed by atoms with E-state index in [4.69, 9.17) is 0 Å². The third kappa shape index (κ3) is 5.02. The number of hydrogen-bond acceptors (Lipinski definition) is 3. The molecule has 0 amide bonds. The molecule has 3 rings (SSSR count). The Labute approximate surface area is 175 Å². The molecule has 2 aromatic carbocycles. The average Bonchev–Trinajstić information content (AvgIpc) is 2.99. The molecule has 1 unspecified atom stereocenters. The first-order chi connectivity index (χ1) is 14.0. The highest BCUT2D eigenvalue weighted by Crippen LogP contribution is 2.50. The molecule has 29 heavy (non-hydrogen) atoms. The maximum absolute atomic E-state index is 9.99.